The molecule has 3 aromatic rings. The first kappa shape index (κ1) is 13.9. The lowest BCUT2D eigenvalue weighted by Crippen LogP contribution is -2.07. The quantitative estimate of drug-likeness (QED) is 0.744. The van der Waals surface area contributed by atoms with Crippen LogP contribution >= 0.6 is 0 Å². The van der Waals surface area contributed by atoms with Crippen molar-refractivity contribution in [1.82, 2.24) is 29.5 Å². The van der Waals surface area contributed by atoms with E-state index in [0.29, 0.717) is 5.92 Å². The SMILES string of the molecule is c1ccc(-n2nc(C3CC3)nc2-c2nnc3n2CCCCC3)cc1. The molecule has 0 bridgehead atoms. The molecule has 1 aliphatic heterocycles. The highest BCUT2D eigenvalue weighted by atomic mass is 15.4. The average molecular weight is 320 g/mol. The maximum absolute atomic E-state index is 4.86. The van der Waals surface area contributed by atoms with Gasteiger partial charge >= 0.3 is 0 Å². The number of fused-ring (bicyclic) bond motifs is 1. The minimum Gasteiger partial charge on any atom is -0.308 e. The molecule has 3 heterocycles. The molecule has 1 fully saturated rings. The Morgan fingerprint density at radius 3 is 2.62 bits per heavy atom. The summed E-state index contributed by atoms with van der Waals surface area (Å²) in [4.78, 5) is 4.86. The molecular weight excluding hydrogens is 300 g/mol. The van der Waals surface area contributed by atoms with Crippen molar-refractivity contribution in [1.29, 1.82) is 0 Å². The number of benzene rings is 1. The number of aryl methyl sites for hydroxylation is 1. The first-order chi connectivity index (χ1) is 11.9. The zero-order valence-corrected chi connectivity index (χ0v) is 13.6. The van der Waals surface area contributed by atoms with Crippen molar-refractivity contribution in [2.24, 2.45) is 0 Å². The standard InChI is InChI=1S/C18H20N6/c1-3-7-14(8-4-1)24-17(19-16(22-24)13-10-11-13)18-21-20-15-9-5-2-6-12-23(15)18/h1,3-4,7-8,13H,2,5-6,9-12H2. The summed E-state index contributed by atoms with van der Waals surface area (Å²) in [5.74, 6) is 4.22. The molecule has 5 rings (SSSR count). The molecule has 122 valence electrons. The van der Waals surface area contributed by atoms with Crippen molar-refractivity contribution in [2.75, 3.05) is 0 Å². The van der Waals surface area contributed by atoms with Crippen LogP contribution in [0.15, 0.2) is 30.3 Å². The molecule has 0 saturated heterocycles. The first-order valence-electron chi connectivity index (χ1n) is 8.85. The van der Waals surface area contributed by atoms with Crippen LogP contribution in [-0.4, -0.2) is 29.5 Å². The van der Waals surface area contributed by atoms with Gasteiger partial charge < -0.3 is 4.57 Å². The molecule has 2 aromatic heterocycles. The van der Waals surface area contributed by atoms with E-state index in [1.807, 2.05) is 22.9 Å². The number of rotatable bonds is 3. The van der Waals surface area contributed by atoms with Crippen molar-refractivity contribution in [3.63, 3.8) is 0 Å². The molecule has 0 radical (unpaired) electrons. The minimum absolute atomic E-state index is 0.514. The molecule has 1 aromatic carbocycles. The van der Waals surface area contributed by atoms with E-state index in [2.05, 4.69) is 26.9 Å². The number of hydrogen-bond donors (Lipinski definition) is 0. The van der Waals surface area contributed by atoms with Crippen LogP contribution in [0.2, 0.25) is 0 Å². The Morgan fingerprint density at radius 2 is 1.79 bits per heavy atom. The molecule has 0 N–H and O–H groups in total. The molecule has 1 saturated carbocycles. The lowest BCUT2D eigenvalue weighted by molar-refractivity contribution is 0.633. The van der Waals surface area contributed by atoms with E-state index < -0.39 is 0 Å². The second-order valence-corrected chi connectivity index (χ2v) is 6.72. The maximum atomic E-state index is 4.86. The van der Waals surface area contributed by atoms with Gasteiger partial charge in [0.2, 0.25) is 11.6 Å². The molecule has 6 heteroatoms. The van der Waals surface area contributed by atoms with E-state index in [1.165, 1.54) is 32.1 Å². The lowest BCUT2D eigenvalue weighted by Gasteiger charge is -2.08. The fourth-order valence-electron chi connectivity index (χ4n) is 3.39. The van der Waals surface area contributed by atoms with Gasteiger partial charge in [0.05, 0.1) is 5.69 Å². The van der Waals surface area contributed by atoms with Crippen LogP contribution in [0.3, 0.4) is 0 Å². The third-order valence-electron chi connectivity index (χ3n) is 4.88. The molecule has 0 amide bonds. The van der Waals surface area contributed by atoms with Gasteiger partial charge in [0, 0.05) is 18.9 Å². The Balaban J connectivity index is 1.66. The van der Waals surface area contributed by atoms with Crippen molar-refractivity contribution in [3.05, 3.63) is 42.0 Å². The van der Waals surface area contributed by atoms with Gasteiger partial charge in [-0.25, -0.2) is 9.67 Å². The van der Waals surface area contributed by atoms with E-state index in [-0.39, 0.29) is 0 Å². The van der Waals surface area contributed by atoms with Gasteiger partial charge in [0.15, 0.2) is 5.82 Å². The van der Waals surface area contributed by atoms with Crippen LogP contribution in [0, 0.1) is 0 Å². The number of nitrogens with zero attached hydrogens (tertiary/aromatic N) is 6. The fraction of sp³-hybridized carbons (Fsp3) is 0.444. The van der Waals surface area contributed by atoms with Crippen molar-refractivity contribution in [2.45, 2.75) is 51.0 Å². The summed E-state index contributed by atoms with van der Waals surface area (Å²) in [6.07, 6.45) is 7.00. The van der Waals surface area contributed by atoms with Crippen LogP contribution in [0.5, 0.6) is 0 Å². The van der Waals surface area contributed by atoms with Gasteiger partial charge in [-0.1, -0.05) is 24.6 Å². The molecule has 6 nitrogen and oxygen atoms in total. The largest absolute Gasteiger partial charge is 0.308 e. The Hall–Kier alpha value is -2.50. The topological polar surface area (TPSA) is 61.4 Å². The highest BCUT2D eigenvalue weighted by Crippen LogP contribution is 2.39. The van der Waals surface area contributed by atoms with Gasteiger partial charge in [-0.3, -0.25) is 0 Å². The van der Waals surface area contributed by atoms with Crippen LogP contribution < -0.4 is 0 Å². The highest BCUT2D eigenvalue weighted by molar-refractivity contribution is 5.50. The van der Waals surface area contributed by atoms with E-state index >= 15 is 0 Å². The Kier molecular flexibility index (Phi) is 3.21. The number of hydrogen-bond acceptors (Lipinski definition) is 4. The maximum Gasteiger partial charge on any atom is 0.202 e. The summed E-state index contributed by atoms with van der Waals surface area (Å²) in [7, 11) is 0. The predicted octanol–water partition coefficient (Wildman–Crippen LogP) is 3.13. The van der Waals surface area contributed by atoms with E-state index in [1.54, 1.807) is 0 Å². The van der Waals surface area contributed by atoms with E-state index in [9.17, 15) is 0 Å². The fourth-order valence-corrected chi connectivity index (χ4v) is 3.39. The summed E-state index contributed by atoms with van der Waals surface area (Å²) < 4.78 is 4.18. The van der Waals surface area contributed by atoms with Gasteiger partial charge in [0.1, 0.15) is 5.82 Å². The second-order valence-electron chi connectivity index (χ2n) is 6.72. The van der Waals surface area contributed by atoms with Crippen molar-refractivity contribution >= 4 is 0 Å². The summed E-state index contributed by atoms with van der Waals surface area (Å²) in [5, 5.41) is 13.7. The molecule has 0 unspecified atom stereocenters. The molecule has 2 aliphatic rings. The summed E-state index contributed by atoms with van der Waals surface area (Å²) in [6.45, 7) is 0.970. The van der Waals surface area contributed by atoms with Gasteiger partial charge in [0.25, 0.3) is 0 Å². The van der Waals surface area contributed by atoms with Crippen LogP contribution in [0.1, 0.15) is 49.7 Å². The van der Waals surface area contributed by atoms with Crippen LogP contribution in [-0.2, 0) is 13.0 Å². The average Bonchev–Trinajstić information content (AvgIpc) is 3.33. The number of aromatic nitrogens is 6. The smallest absolute Gasteiger partial charge is 0.202 e. The second kappa shape index (κ2) is 5.54. The molecule has 1 aliphatic carbocycles. The Bertz CT molecular complexity index is 859. The third kappa shape index (κ3) is 2.33. The van der Waals surface area contributed by atoms with Gasteiger partial charge in [-0.15, -0.1) is 10.2 Å². The highest BCUT2D eigenvalue weighted by Gasteiger charge is 2.31. The lowest BCUT2D eigenvalue weighted by atomic mass is 10.2. The zero-order valence-electron chi connectivity index (χ0n) is 13.6. The predicted molar refractivity (Wildman–Crippen MR) is 89.9 cm³/mol. The van der Waals surface area contributed by atoms with E-state index in [4.69, 9.17) is 10.1 Å². The minimum atomic E-state index is 0.514. The van der Waals surface area contributed by atoms with Gasteiger partial charge in [-0.2, -0.15) is 5.10 Å². The molecular formula is C18H20N6. The summed E-state index contributed by atoms with van der Waals surface area (Å²) >= 11 is 0. The normalized spacial score (nSPS) is 17.5. The number of para-hydroxylation sites is 1. The van der Waals surface area contributed by atoms with Crippen LogP contribution in [0.25, 0.3) is 17.3 Å². The first-order valence-corrected chi connectivity index (χ1v) is 8.85. The summed E-state index contributed by atoms with van der Waals surface area (Å²) in [6, 6.07) is 10.2. The third-order valence-corrected chi connectivity index (χ3v) is 4.88. The van der Waals surface area contributed by atoms with E-state index in [0.717, 1.165) is 42.0 Å². The monoisotopic (exact) mass is 320 g/mol. The Labute approximate surface area is 140 Å². The van der Waals surface area contributed by atoms with Gasteiger partial charge in [-0.05, 0) is 37.8 Å². The zero-order chi connectivity index (χ0) is 15.9. The molecule has 0 atom stereocenters. The van der Waals surface area contributed by atoms with Crippen molar-refractivity contribution in [3.8, 4) is 17.3 Å². The molecule has 0 spiro atoms. The van der Waals surface area contributed by atoms with Crippen molar-refractivity contribution < 1.29 is 0 Å². The summed E-state index contributed by atoms with van der Waals surface area (Å²) in [5.41, 5.74) is 1.03. The molecule has 24 heavy (non-hydrogen) atoms. The Morgan fingerprint density at radius 1 is 0.917 bits per heavy atom. The van der Waals surface area contributed by atoms with Crippen LogP contribution in [0.4, 0.5) is 0 Å².